The molecule has 0 saturated heterocycles. The van der Waals surface area contributed by atoms with Gasteiger partial charge in [-0.25, -0.2) is 0 Å². The molecule has 0 atom stereocenters. The number of nitrogens with zero attached hydrogens (tertiary/aromatic N) is 1. The van der Waals surface area contributed by atoms with Crippen molar-refractivity contribution in [3.63, 3.8) is 0 Å². The van der Waals surface area contributed by atoms with E-state index in [-0.39, 0.29) is 17.5 Å². The molecule has 0 fully saturated rings. The van der Waals surface area contributed by atoms with Gasteiger partial charge in [0.15, 0.2) is 0 Å². The quantitative estimate of drug-likeness (QED) is 0.578. The summed E-state index contributed by atoms with van der Waals surface area (Å²) in [5, 5.41) is 1.71. The summed E-state index contributed by atoms with van der Waals surface area (Å²) in [6, 6.07) is 0. The van der Waals surface area contributed by atoms with Crippen molar-refractivity contribution in [1.29, 1.82) is 0 Å². The van der Waals surface area contributed by atoms with Crippen LogP contribution >= 0.6 is 11.8 Å². The van der Waals surface area contributed by atoms with Crippen LogP contribution in [0.5, 0.6) is 0 Å². The predicted octanol–water partition coefficient (Wildman–Crippen LogP) is 2.43. The summed E-state index contributed by atoms with van der Waals surface area (Å²) in [5.74, 6) is 0.129. The maximum Gasteiger partial charge on any atom is 0.247 e. The van der Waals surface area contributed by atoms with E-state index in [0.717, 1.165) is 0 Å². The average Bonchev–Trinajstić information content (AvgIpc) is 2.43. The Hall–Kier alpha value is -1.10. The van der Waals surface area contributed by atoms with Gasteiger partial charge in [-0.15, -0.1) is 11.8 Å². The van der Waals surface area contributed by atoms with E-state index in [1.165, 1.54) is 17.8 Å². The number of thioether (sulfide) groups is 1. The topological polar surface area (TPSA) is 54.5 Å². The maximum absolute atomic E-state index is 11.9. The van der Waals surface area contributed by atoms with Crippen LogP contribution < -0.4 is 0 Å². The number of amides is 1. The number of carbonyl (C=O) groups excluding carboxylic acids is 3. The van der Waals surface area contributed by atoms with Crippen molar-refractivity contribution < 1.29 is 14.4 Å². The molecule has 0 aromatic rings. The lowest BCUT2D eigenvalue weighted by Crippen LogP contribution is -2.33. The summed E-state index contributed by atoms with van der Waals surface area (Å²) in [5.41, 5.74) is 0. The van der Waals surface area contributed by atoms with Crippen LogP contribution in [0.4, 0.5) is 0 Å². The highest BCUT2D eigenvalue weighted by Crippen LogP contribution is 2.03. The second-order valence-corrected chi connectivity index (χ2v) is 4.89. The van der Waals surface area contributed by atoms with Crippen molar-refractivity contribution in [2.75, 3.05) is 19.3 Å². The van der Waals surface area contributed by atoms with Gasteiger partial charge < -0.3 is 4.90 Å². The summed E-state index contributed by atoms with van der Waals surface area (Å²) < 4.78 is 0. The van der Waals surface area contributed by atoms with Crippen LogP contribution in [-0.2, 0) is 14.4 Å². The lowest BCUT2D eigenvalue weighted by molar-refractivity contribution is -0.127. The van der Waals surface area contributed by atoms with Crippen molar-refractivity contribution in [3.05, 3.63) is 11.5 Å². The van der Waals surface area contributed by atoms with Crippen molar-refractivity contribution in [2.45, 2.75) is 39.5 Å². The SMILES string of the molecule is CCC(=O)CCN(CCC(=O)CC)C(=O)C=CSC. The molecule has 0 saturated carbocycles. The molecular weight excluding hydrogens is 262 g/mol. The van der Waals surface area contributed by atoms with Crippen LogP contribution in [-0.4, -0.2) is 41.7 Å². The molecule has 4 nitrogen and oxygen atoms in total. The van der Waals surface area contributed by atoms with Gasteiger partial charge in [0.2, 0.25) is 5.91 Å². The molecule has 0 N–H and O–H groups in total. The van der Waals surface area contributed by atoms with Gasteiger partial charge in [0.1, 0.15) is 11.6 Å². The Morgan fingerprint density at radius 1 is 1.00 bits per heavy atom. The van der Waals surface area contributed by atoms with E-state index in [2.05, 4.69) is 0 Å². The second kappa shape index (κ2) is 10.8. The molecule has 0 radical (unpaired) electrons. The molecule has 5 heteroatoms. The van der Waals surface area contributed by atoms with Gasteiger partial charge in [-0.05, 0) is 11.7 Å². The highest BCUT2D eigenvalue weighted by Gasteiger charge is 2.13. The lowest BCUT2D eigenvalue weighted by Gasteiger charge is -2.20. The number of carbonyl (C=O) groups is 3. The normalized spacial score (nSPS) is 10.7. The van der Waals surface area contributed by atoms with Crippen LogP contribution in [0.1, 0.15) is 39.5 Å². The molecule has 0 aliphatic carbocycles. The lowest BCUT2D eigenvalue weighted by atomic mass is 10.2. The molecule has 0 bridgehead atoms. The van der Waals surface area contributed by atoms with Crippen LogP contribution in [0, 0.1) is 0 Å². The molecule has 0 heterocycles. The Morgan fingerprint density at radius 3 is 1.84 bits per heavy atom. The molecule has 0 unspecified atom stereocenters. The van der Waals surface area contributed by atoms with Gasteiger partial charge in [-0.1, -0.05) is 13.8 Å². The Kier molecular flexibility index (Phi) is 10.2. The van der Waals surface area contributed by atoms with Gasteiger partial charge in [-0.2, -0.15) is 0 Å². The predicted molar refractivity (Wildman–Crippen MR) is 79.1 cm³/mol. The summed E-state index contributed by atoms with van der Waals surface area (Å²) in [6.07, 6.45) is 5.03. The first-order valence-corrected chi connectivity index (χ1v) is 7.85. The van der Waals surface area contributed by atoms with E-state index >= 15 is 0 Å². The van der Waals surface area contributed by atoms with Crippen LogP contribution in [0.3, 0.4) is 0 Å². The zero-order valence-corrected chi connectivity index (χ0v) is 12.8. The van der Waals surface area contributed by atoms with Gasteiger partial charge >= 0.3 is 0 Å². The Balaban J connectivity index is 4.44. The minimum absolute atomic E-state index is 0.133. The van der Waals surface area contributed by atoms with Crippen molar-refractivity contribution in [2.24, 2.45) is 0 Å². The number of ketones is 2. The first kappa shape index (κ1) is 17.9. The van der Waals surface area contributed by atoms with Gasteiger partial charge in [0.05, 0.1) is 0 Å². The monoisotopic (exact) mass is 285 g/mol. The van der Waals surface area contributed by atoms with Crippen LogP contribution in [0.2, 0.25) is 0 Å². The summed E-state index contributed by atoms with van der Waals surface area (Å²) in [7, 11) is 0. The van der Waals surface area contributed by atoms with E-state index in [1.54, 1.807) is 10.3 Å². The molecule has 0 aromatic carbocycles. The number of Topliss-reactive ketones (excluding diaryl/α,β-unsaturated/α-hetero) is 2. The third kappa shape index (κ3) is 8.59. The molecule has 0 aromatic heterocycles. The Bertz CT molecular complexity index is 320. The fourth-order valence-corrected chi connectivity index (χ4v) is 1.69. The third-order valence-electron chi connectivity index (χ3n) is 2.77. The first-order valence-electron chi connectivity index (χ1n) is 6.56. The van der Waals surface area contributed by atoms with Crippen LogP contribution in [0.15, 0.2) is 11.5 Å². The molecule has 19 heavy (non-hydrogen) atoms. The summed E-state index contributed by atoms with van der Waals surface area (Å²) in [4.78, 5) is 36.1. The van der Waals surface area contributed by atoms with E-state index < -0.39 is 0 Å². The van der Waals surface area contributed by atoms with Gasteiger partial charge in [0, 0.05) is 44.8 Å². The molecule has 108 valence electrons. The molecule has 0 aliphatic heterocycles. The molecule has 0 spiro atoms. The third-order valence-corrected chi connectivity index (χ3v) is 3.18. The number of hydrogen-bond donors (Lipinski definition) is 0. The second-order valence-electron chi connectivity index (χ2n) is 4.15. The Morgan fingerprint density at radius 2 is 1.47 bits per heavy atom. The first-order chi connectivity index (χ1) is 9.04. The van der Waals surface area contributed by atoms with Gasteiger partial charge in [-0.3, -0.25) is 14.4 Å². The Labute approximate surface area is 119 Å². The molecule has 0 aliphatic rings. The number of hydrogen-bond acceptors (Lipinski definition) is 4. The standard InChI is InChI=1S/C14H23NO3S/c1-4-12(16)6-9-15(10-7-13(17)5-2)14(18)8-11-19-3/h8,11H,4-7,9-10H2,1-3H3. The molecule has 1 amide bonds. The van der Waals surface area contributed by atoms with E-state index in [9.17, 15) is 14.4 Å². The number of rotatable bonds is 10. The van der Waals surface area contributed by atoms with Crippen molar-refractivity contribution in [3.8, 4) is 0 Å². The molecule has 0 rings (SSSR count). The summed E-state index contributed by atoms with van der Waals surface area (Å²) in [6.45, 7) is 4.40. The molecular formula is C14H23NO3S. The minimum atomic E-state index is -0.137. The maximum atomic E-state index is 11.9. The van der Waals surface area contributed by atoms with Crippen molar-refractivity contribution >= 4 is 29.2 Å². The zero-order chi connectivity index (χ0) is 14.7. The smallest absolute Gasteiger partial charge is 0.247 e. The largest absolute Gasteiger partial charge is 0.338 e. The van der Waals surface area contributed by atoms with E-state index in [4.69, 9.17) is 0 Å². The fraction of sp³-hybridized carbons (Fsp3) is 0.643. The summed E-state index contributed by atoms with van der Waals surface area (Å²) >= 11 is 1.44. The van der Waals surface area contributed by atoms with E-state index in [1.807, 2.05) is 20.1 Å². The van der Waals surface area contributed by atoms with E-state index in [0.29, 0.717) is 38.8 Å². The fourth-order valence-electron chi connectivity index (χ4n) is 1.44. The van der Waals surface area contributed by atoms with Crippen LogP contribution in [0.25, 0.3) is 0 Å². The highest BCUT2D eigenvalue weighted by atomic mass is 32.2. The van der Waals surface area contributed by atoms with Gasteiger partial charge in [0.25, 0.3) is 0 Å². The zero-order valence-electron chi connectivity index (χ0n) is 12.0. The minimum Gasteiger partial charge on any atom is -0.338 e. The van der Waals surface area contributed by atoms with Crippen molar-refractivity contribution in [1.82, 2.24) is 4.90 Å². The average molecular weight is 285 g/mol. The highest BCUT2D eigenvalue weighted by molar-refractivity contribution is 8.01.